The Labute approximate surface area is 231 Å². The van der Waals surface area contributed by atoms with Gasteiger partial charge in [-0.15, -0.1) is 0 Å². The number of carbonyl (C=O) groups excluding carboxylic acids is 2. The monoisotopic (exact) mass is 550 g/mol. The lowest BCUT2D eigenvalue weighted by Gasteiger charge is -2.36. The lowest BCUT2D eigenvalue weighted by Crippen LogP contribution is -2.42. The molecule has 5 rings (SSSR count). The summed E-state index contributed by atoms with van der Waals surface area (Å²) < 4.78 is 26.3. The van der Waals surface area contributed by atoms with E-state index < -0.39 is 17.8 Å². The first-order valence-electron chi connectivity index (χ1n) is 13.0. The van der Waals surface area contributed by atoms with E-state index in [4.69, 9.17) is 9.47 Å². The number of thioether (sulfide) groups is 1. The highest BCUT2D eigenvalue weighted by Crippen LogP contribution is 2.45. The van der Waals surface area contributed by atoms with Crippen LogP contribution in [-0.4, -0.2) is 66.2 Å². The van der Waals surface area contributed by atoms with E-state index in [0.29, 0.717) is 41.9 Å². The van der Waals surface area contributed by atoms with Crippen LogP contribution in [0.3, 0.4) is 0 Å². The number of morpholine rings is 1. The molecule has 0 unspecified atom stereocenters. The van der Waals surface area contributed by atoms with Gasteiger partial charge in [0.2, 0.25) is 5.91 Å². The fourth-order valence-electron chi connectivity index (χ4n) is 4.83. The molecule has 1 saturated heterocycles. The number of rotatable bonds is 9. The topological polar surface area (TPSA) is 83.5 Å². The first-order chi connectivity index (χ1) is 19.0. The molecule has 1 N–H and O–H groups in total. The molecule has 3 aliphatic heterocycles. The number of aliphatic imine (C=N–C) groups is 1. The van der Waals surface area contributed by atoms with Gasteiger partial charge in [-0.25, -0.2) is 14.2 Å². The average Bonchev–Trinajstić information content (AvgIpc) is 3.34. The zero-order chi connectivity index (χ0) is 27.2. The molecule has 3 heterocycles. The fraction of sp³-hybridized carbons (Fsp3) is 0.345. The van der Waals surface area contributed by atoms with Gasteiger partial charge in [-0.1, -0.05) is 60.3 Å². The normalized spacial score (nSPS) is 19.3. The third-order valence-corrected chi connectivity index (χ3v) is 7.72. The molecule has 204 valence electrons. The second-order valence-corrected chi connectivity index (χ2v) is 10.3. The van der Waals surface area contributed by atoms with Crippen LogP contribution in [0.15, 0.2) is 82.0 Å². The van der Waals surface area contributed by atoms with E-state index in [1.54, 1.807) is 30.0 Å². The van der Waals surface area contributed by atoms with Crippen LogP contribution < -0.4 is 5.32 Å². The lowest BCUT2D eigenvalue weighted by atomic mass is 9.93. The molecule has 0 saturated carbocycles. The van der Waals surface area contributed by atoms with Crippen molar-refractivity contribution in [3.05, 3.63) is 93.9 Å². The van der Waals surface area contributed by atoms with Crippen LogP contribution in [0.25, 0.3) is 0 Å². The minimum Gasteiger partial charge on any atom is -0.457 e. The number of nitrogens with one attached hydrogen (secondary N) is 1. The van der Waals surface area contributed by atoms with Crippen LogP contribution in [-0.2, 0) is 25.7 Å². The molecule has 10 heteroatoms. The number of hydrogen-bond donors (Lipinski definition) is 1. The Kier molecular flexibility index (Phi) is 8.75. The van der Waals surface area contributed by atoms with Gasteiger partial charge >= 0.3 is 5.97 Å². The highest BCUT2D eigenvalue weighted by molar-refractivity contribution is 8.16. The number of carbonyl (C=O) groups is 2. The van der Waals surface area contributed by atoms with E-state index in [0.717, 1.165) is 25.2 Å². The summed E-state index contributed by atoms with van der Waals surface area (Å²) in [6.07, 6.45) is 0.0749. The summed E-state index contributed by atoms with van der Waals surface area (Å²) in [6.45, 7) is 6.19. The second-order valence-electron chi connectivity index (χ2n) is 9.46. The Bertz CT molecular complexity index is 1310. The van der Waals surface area contributed by atoms with Gasteiger partial charge in [0, 0.05) is 37.4 Å². The minimum atomic E-state index is -0.815. The lowest BCUT2D eigenvalue weighted by molar-refractivity contribution is -0.141. The van der Waals surface area contributed by atoms with Crippen LogP contribution in [0.2, 0.25) is 0 Å². The van der Waals surface area contributed by atoms with Gasteiger partial charge in [0.25, 0.3) is 0 Å². The maximum atomic E-state index is 15.2. The highest BCUT2D eigenvalue weighted by atomic mass is 32.2. The molecule has 3 aliphatic rings. The molecule has 2 aromatic carbocycles. The predicted octanol–water partition coefficient (Wildman–Crippen LogP) is 3.98. The largest absolute Gasteiger partial charge is 0.457 e. The van der Waals surface area contributed by atoms with Gasteiger partial charge in [0.15, 0.2) is 5.17 Å². The number of fused-ring (bicyclic) bond motifs is 1. The minimum absolute atomic E-state index is 0.0749. The first kappa shape index (κ1) is 27.1. The first-order valence-corrected chi connectivity index (χ1v) is 13.9. The Balaban J connectivity index is 1.34. The maximum absolute atomic E-state index is 15.2. The van der Waals surface area contributed by atoms with Crippen molar-refractivity contribution in [1.82, 2.24) is 15.1 Å². The van der Waals surface area contributed by atoms with Crippen molar-refractivity contribution >= 4 is 28.8 Å². The maximum Gasteiger partial charge on any atom is 0.338 e. The standard InChI is InChI=1S/C29H31FN4O4S/c1-20-26(28(36)38-18-21-7-3-2-4-8-21)27(23-9-5-6-10-24(23)30)34-22(19-39-29(34)32-20)17-25(35)31-11-12-33-13-15-37-16-14-33/h2-10,19,27H,11-18H2,1H3,(H,31,35)/t27-/m1/s1. The van der Waals surface area contributed by atoms with Crippen LogP contribution in [0.1, 0.15) is 30.5 Å². The average molecular weight is 551 g/mol. The SMILES string of the molecule is CC1=C(C(=O)OCc2ccccc2)[C@@H](c2ccccc2F)N2C(CC(=O)NCCN3CCOCC3)=CSC2=N1. The number of amidine groups is 1. The Hall–Kier alpha value is -3.47. The summed E-state index contributed by atoms with van der Waals surface area (Å²) in [6, 6.07) is 14.9. The molecule has 2 aromatic rings. The number of halogens is 1. The number of benzene rings is 2. The summed E-state index contributed by atoms with van der Waals surface area (Å²) in [4.78, 5) is 35.1. The van der Waals surface area contributed by atoms with Gasteiger partial charge in [-0.05, 0) is 24.0 Å². The van der Waals surface area contributed by atoms with E-state index >= 15 is 4.39 Å². The third-order valence-electron chi connectivity index (χ3n) is 6.83. The Morgan fingerprint density at radius 2 is 1.87 bits per heavy atom. The van der Waals surface area contributed by atoms with E-state index in [9.17, 15) is 9.59 Å². The van der Waals surface area contributed by atoms with Crippen LogP contribution in [0, 0.1) is 5.82 Å². The summed E-state index contributed by atoms with van der Waals surface area (Å²) in [5.41, 5.74) is 2.52. The zero-order valence-corrected chi connectivity index (χ0v) is 22.6. The van der Waals surface area contributed by atoms with Gasteiger partial charge in [-0.3, -0.25) is 9.69 Å². The molecule has 1 fully saturated rings. The van der Waals surface area contributed by atoms with Crippen LogP contribution in [0.4, 0.5) is 4.39 Å². The molecule has 0 radical (unpaired) electrons. The quantitative estimate of drug-likeness (QED) is 0.473. The summed E-state index contributed by atoms with van der Waals surface area (Å²) >= 11 is 1.36. The van der Waals surface area contributed by atoms with Crippen LogP contribution in [0.5, 0.6) is 0 Å². The van der Waals surface area contributed by atoms with Crippen molar-refractivity contribution in [2.24, 2.45) is 4.99 Å². The second kappa shape index (κ2) is 12.6. The van der Waals surface area contributed by atoms with E-state index in [-0.39, 0.29) is 24.5 Å². The number of nitrogens with zero attached hydrogens (tertiary/aromatic N) is 3. The van der Waals surface area contributed by atoms with Crippen LogP contribution >= 0.6 is 11.8 Å². The van der Waals surface area contributed by atoms with E-state index in [1.165, 1.54) is 17.8 Å². The molecular formula is C29H31FN4O4S. The molecule has 0 spiro atoms. The molecule has 1 amide bonds. The summed E-state index contributed by atoms with van der Waals surface area (Å²) in [5.74, 6) is -1.17. The number of amides is 1. The Morgan fingerprint density at radius 1 is 1.13 bits per heavy atom. The molecule has 8 nitrogen and oxygen atoms in total. The molecule has 39 heavy (non-hydrogen) atoms. The summed E-state index contributed by atoms with van der Waals surface area (Å²) in [5, 5.41) is 5.42. The number of hydrogen-bond acceptors (Lipinski definition) is 8. The Morgan fingerprint density at radius 3 is 2.64 bits per heavy atom. The fourth-order valence-corrected chi connectivity index (χ4v) is 5.79. The molecule has 0 aliphatic carbocycles. The van der Waals surface area contributed by atoms with Crippen molar-refractivity contribution in [1.29, 1.82) is 0 Å². The number of allylic oxidation sites excluding steroid dienone is 1. The number of esters is 1. The van der Waals surface area contributed by atoms with Crippen molar-refractivity contribution in [2.45, 2.75) is 26.0 Å². The van der Waals surface area contributed by atoms with Crippen molar-refractivity contribution in [3.8, 4) is 0 Å². The predicted molar refractivity (Wildman–Crippen MR) is 148 cm³/mol. The molecule has 0 aromatic heterocycles. The molecular weight excluding hydrogens is 519 g/mol. The van der Waals surface area contributed by atoms with Gasteiger partial charge in [-0.2, -0.15) is 0 Å². The van der Waals surface area contributed by atoms with Gasteiger partial charge in [0.1, 0.15) is 12.4 Å². The van der Waals surface area contributed by atoms with Crippen molar-refractivity contribution in [3.63, 3.8) is 0 Å². The molecule has 0 bridgehead atoms. The van der Waals surface area contributed by atoms with Crippen molar-refractivity contribution in [2.75, 3.05) is 39.4 Å². The highest BCUT2D eigenvalue weighted by Gasteiger charge is 2.42. The van der Waals surface area contributed by atoms with Crippen molar-refractivity contribution < 1.29 is 23.5 Å². The smallest absolute Gasteiger partial charge is 0.338 e. The number of ether oxygens (including phenoxy) is 2. The molecule has 1 atom stereocenters. The third kappa shape index (κ3) is 6.41. The van der Waals surface area contributed by atoms with E-state index in [2.05, 4.69) is 15.2 Å². The van der Waals surface area contributed by atoms with E-state index in [1.807, 2.05) is 35.7 Å². The van der Waals surface area contributed by atoms with Gasteiger partial charge < -0.3 is 19.7 Å². The summed E-state index contributed by atoms with van der Waals surface area (Å²) in [7, 11) is 0. The zero-order valence-electron chi connectivity index (χ0n) is 21.8. The van der Waals surface area contributed by atoms with Gasteiger partial charge in [0.05, 0.1) is 36.9 Å².